The summed E-state index contributed by atoms with van der Waals surface area (Å²) in [6.07, 6.45) is 4.43. The van der Waals surface area contributed by atoms with Crippen LogP contribution in [0.4, 0.5) is 0 Å². The topological polar surface area (TPSA) is 98.2 Å². The second kappa shape index (κ2) is 11.5. The van der Waals surface area contributed by atoms with E-state index < -0.39 is 17.7 Å². The molecular formula is C25H30N2O6. The highest BCUT2D eigenvalue weighted by Crippen LogP contribution is 2.42. The van der Waals surface area contributed by atoms with Crippen molar-refractivity contribution in [3.63, 3.8) is 0 Å². The van der Waals surface area contributed by atoms with Gasteiger partial charge in [-0.2, -0.15) is 0 Å². The fraction of sp³-hybridized carbons (Fsp3) is 0.400. The van der Waals surface area contributed by atoms with Gasteiger partial charge in [0, 0.05) is 38.2 Å². The molecule has 1 amide bonds. The Labute approximate surface area is 193 Å². The minimum atomic E-state index is -0.769. The maximum atomic E-state index is 13.1. The van der Waals surface area contributed by atoms with Crippen LogP contribution in [0.1, 0.15) is 43.9 Å². The van der Waals surface area contributed by atoms with Crippen molar-refractivity contribution in [3.05, 3.63) is 59.4 Å². The monoisotopic (exact) mass is 454 g/mol. The lowest BCUT2D eigenvalue weighted by Gasteiger charge is -2.26. The number of hydrogen-bond donors (Lipinski definition) is 1. The molecule has 1 aliphatic heterocycles. The van der Waals surface area contributed by atoms with Crippen LogP contribution in [0.15, 0.2) is 48.3 Å². The first-order chi connectivity index (χ1) is 16.0. The van der Waals surface area contributed by atoms with Crippen LogP contribution in [0.2, 0.25) is 0 Å². The van der Waals surface area contributed by atoms with Crippen molar-refractivity contribution in [3.8, 4) is 11.5 Å². The summed E-state index contributed by atoms with van der Waals surface area (Å²) in [4.78, 5) is 31.5. The van der Waals surface area contributed by atoms with Crippen LogP contribution in [0, 0.1) is 0 Å². The number of amides is 1. The average Bonchev–Trinajstić information content (AvgIpc) is 3.08. The van der Waals surface area contributed by atoms with Crippen molar-refractivity contribution in [1.82, 2.24) is 9.88 Å². The lowest BCUT2D eigenvalue weighted by molar-refractivity contribution is -0.140. The minimum Gasteiger partial charge on any atom is -0.507 e. The minimum absolute atomic E-state index is 0.0355. The number of aromatic nitrogens is 1. The molecule has 33 heavy (non-hydrogen) atoms. The van der Waals surface area contributed by atoms with Crippen LogP contribution in [0.3, 0.4) is 0 Å². The van der Waals surface area contributed by atoms with Crippen LogP contribution in [0.5, 0.6) is 11.5 Å². The molecular weight excluding hydrogens is 424 g/mol. The molecule has 1 N–H and O–H groups in total. The van der Waals surface area contributed by atoms with Crippen molar-refractivity contribution in [1.29, 1.82) is 0 Å². The Kier molecular flexibility index (Phi) is 8.43. The molecule has 8 heteroatoms. The van der Waals surface area contributed by atoms with Gasteiger partial charge in [-0.3, -0.25) is 14.6 Å². The molecule has 1 aromatic heterocycles. The Morgan fingerprint density at radius 3 is 2.48 bits per heavy atom. The van der Waals surface area contributed by atoms with E-state index >= 15 is 0 Å². The highest BCUT2D eigenvalue weighted by atomic mass is 16.5. The largest absolute Gasteiger partial charge is 0.507 e. The number of hydrogen-bond acceptors (Lipinski definition) is 7. The Bertz CT molecular complexity index is 1010. The Hall–Kier alpha value is -3.39. The van der Waals surface area contributed by atoms with Gasteiger partial charge in [0.25, 0.3) is 11.7 Å². The van der Waals surface area contributed by atoms with Gasteiger partial charge in [-0.15, -0.1) is 0 Å². The molecule has 2 heterocycles. The average molecular weight is 455 g/mol. The maximum Gasteiger partial charge on any atom is 0.295 e. The second-order valence-corrected chi connectivity index (χ2v) is 7.56. The lowest BCUT2D eigenvalue weighted by Crippen LogP contribution is -2.31. The number of likely N-dealkylation sites (tertiary alicyclic amines) is 1. The van der Waals surface area contributed by atoms with Gasteiger partial charge in [-0.05, 0) is 49.6 Å². The van der Waals surface area contributed by atoms with Crippen LogP contribution >= 0.6 is 0 Å². The highest BCUT2D eigenvalue weighted by molar-refractivity contribution is 6.46. The Morgan fingerprint density at radius 2 is 1.82 bits per heavy atom. The molecule has 1 fully saturated rings. The smallest absolute Gasteiger partial charge is 0.295 e. The van der Waals surface area contributed by atoms with E-state index in [1.54, 1.807) is 37.4 Å². The van der Waals surface area contributed by atoms with Crippen LogP contribution < -0.4 is 9.47 Å². The van der Waals surface area contributed by atoms with Crippen molar-refractivity contribution in [2.75, 3.05) is 33.5 Å². The van der Waals surface area contributed by atoms with Gasteiger partial charge in [0.2, 0.25) is 0 Å². The van der Waals surface area contributed by atoms with E-state index in [1.807, 2.05) is 13.8 Å². The number of carbonyl (C=O) groups is 2. The van der Waals surface area contributed by atoms with Crippen LogP contribution in [-0.4, -0.2) is 60.2 Å². The van der Waals surface area contributed by atoms with Crippen molar-refractivity contribution >= 4 is 17.4 Å². The molecule has 0 bridgehead atoms. The predicted octanol–water partition coefficient (Wildman–Crippen LogP) is 3.73. The number of ketones is 1. The zero-order chi connectivity index (χ0) is 23.8. The van der Waals surface area contributed by atoms with E-state index in [4.69, 9.17) is 14.2 Å². The Balaban J connectivity index is 2.12. The third-order valence-corrected chi connectivity index (χ3v) is 5.29. The molecule has 3 rings (SSSR count). The summed E-state index contributed by atoms with van der Waals surface area (Å²) < 4.78 is 16.7. The van der Waals surface area contributed by atoms with Crippen molar-refractivity contribution in [2.45, 2.75) is 32.7 Å². The zero-order valence-corrected chi connectivity index (χ0v) is 19.2. The van der Waals surface area contributed by atoms with Gasteiger partial charge in [-0.1, -0.05) is 13.0 Å². The van der Waals surface area contributed by atoms with Crippen molar-refractivity contribution < 1.29 is 28.9 Å². The quantitative estimate of drug-likeness (QED) is 0.239. The first-order valence-corrected chi connectivity index (χ1v) is 11.1. The summed E-state index contributed by atoms with van der Waals surface area (Å²) in [5, 5.41) is 11.0. The van der Waals surface area contributed by atoms with Crippen molar-refractivity contribution in [2.24, 2.45) is 0 Å². The van der Waals surface area contributed by atoms with Gasteiger partial charge < -0.3 is 24.2 Å². The standard InChI is InChI=1S/C25H30N2O6/c1-4-14-33-19-8-7-18(16-20(19)32-5-2)22-21(23(28)17-9-11-26-12-10-17)24(29)25(30)27(22)13-6-15-31-3/h7-12,16,22,28H,4-6,13-15H2,1-3H3/b23-21+. The molecule has 0 saturated carbocycles. The fourth-order valence-corrected chi connectivity index (χ4v) is 3.80. The molecule has 1 aliphatic rings. The number of nitrogens with zero attached hydrogens (tertiary/aromatic N) is 2. The SMILES string of the molecule is CCCOc1ccc(C2/C(=C(\O)c3ccncc3)C(=O)C(=O)N2CCCOC)cc1OCC. The molecule has 1 unspecified atom stereocenters. The summed E-state index contributed by atoms with van der Waals surface area (Å²) in [6.45, 7) is 5.59. The number of aliphatic hydroxyl groups is 1. The first kappa shape index (κ1) is 24.3. The third kappa shape index (κ3) is 5.34. The van der Waals surface area contributed by atoms with E-state index in [0.29, 0.717) is 55.4 Å². The third-order valence-electron chi connectivity index (χ3n) is 5.29. The van der Waals surface area contributed by atoms with E-state index in [9.17, 15) is 14.7 Å². The molecule has 0 spiro atoms. The summed E-state index contributed by atoms with van der Waals surface area (Å²) in [5.74, 6) is -0.506. The van der Waals surface area contributed by atoms with Gasteiger partial charge in [0.05, 0.1) is 24.8 Å². The van der Waals surface area contributed by atoms with Gasteiger partial charge in [-0.25, -0.2) is 0 Å². The molecule has 1 atom stereocenters. The number of rotatable bonds is 11. The highest BCUT2D eigenvalue weighted by Gasteiger charge is 2.46. The van der Waals surface area contributed by atoms with E-state index in [-0.39, 0.29) is 11.3 Å². The number of Topliss-reactive ketones (excluding diaryl/α,β-unsaturated/α-hetero) is 1. The molecule has 176 valence electrons. The summed E-state index contributed by atoms with van der Waals surface area (Å²) in [5.41, 5.74) is 1.10. The summed E-state index contributed by atoms with van der Waals surface area (Å²) in [6, 6.07) is 7.77. The zero-order valence-electron chi connectivity index (χ0n) is 19.2. The molecule has 1 saturated heterocycles. The van der Waals surface area contributed by atoms with E-state index in [2.05, 4.69) is 4.98 Å². The molecule has 2 aromatic rings. The maximum absolute atomic E-state index is 13.1. The number of methoxy groups -OCH3 is 1. The molecule has 1 aromatic carbocycles. The van der Waals surface area contributed by atoms with Crippen LogP contribution in [-0.2, 0) is 14.3 Å². The van der Waals surface area contributed by atoms with Gasteiger partial charge in [0.15, 0.2) is 11.5 Å². The molecule has 0 aliphatic carbocycles. The normalized spacial score (nSPS) is 17.4. The van der Waals surface area contributed by atoms with E-state index in [1.165, 1.54) is 17.3 Å². The molecule has 8 nitrogen and oxygen atoms in total. The predicted molar refractivity (Wildman–Crippen MR) is 123 cm³/mol. The van der Waals surface area contributed by atoms with E-state index in [0.717, 1.165) is 6.42 Å². The number of ether oxygens (including phenoxy) is 3. The number of benzene rings is 1. The summed E-state index contributed by atoms with van der Waals surface area (Å²) in [7, 11) is 1.58. The molecule has 0 radical (unpaired) electrons. The second-order valence-electron chi connectivity index (χ2n) is 7.56. The van der Waals surface area contributed by atoms with Gasteiger partial charge in [0.1, 0.15) is 5.76 Å². The first-order valence-electron chi connectivity index (χ1n) is 11.1. The Morgan fingerprint density at radius 1 is 1.06 bits per heavy atom. The summed E-state index contributed by atoms with van der Waals surface area (Å²) >= 11 is 0. The number of aliphatic hydroxyl groups excluding tert-OH is 1. The number of pyridine rings is 1. The van der Waals surface area contributed by atoms with Gasteiger partial charge >= 0.3 is 0 Å². The number of carbonyl (C=O) groups excluding carboxylic acids is 2. The lowest BCUT2D eigenvalue weighted by atomic mass is 9.95. The van der Waals surface area contributed by atoms with Crippen LogP contribution in [0.25, 0.3) is 5.76 Å². The fourth-order valence-electron chi connectivity index (χ4n) is 3.80.